The summed E-state index contributed by atoms with van der Waals surface area (Å²) in [5.41, 5.74) is 7.89. The molecule has 3 heteroatoms. The van der Waals surface area contributed by atoms with Gasteiger partial charge in [0.25, 0.3) is 0 Å². The van der Waals surface area contributed by atoms with E-state index in [1.807, 2.05) is 24.3 Å². The number of fused-ring (bicyclic) bond motifs is 3. The fourth-order valence-corrected chi connectivity index (χ4v) is 5.33. The normalized spacial score (nSPS) is 13.6. The number of rotatable bonds is 3. The van der Waals surface area contributed by atoms with Crippen molar-refractivity contribution >= 4 is 40.3 Å². The number of benzene rings is 4. The minimum absolute atomic E-state index is 0.171. The molecular weight excluding hydrogens is 409 g/mol. The van der Waals surface area contributed by atoms with Crippen molar-refractivity contribution in [3.05, 3.63) is 112 Å². The maximum Gasteiger partial charge on any atom is 0.0468 e. The lowest BCUT2D eigenvalue weighted by atomic mass is 9.82. The SMILES string of the molecule is CC1(C)c2ccc(N(c3ccccc3)c3ccccc3)cc2-c2cc(Cl)cc(Cl)c21. The summed E-state index contributed by atoms with van der Waals surface area (Å²) < 4.78 is 0. The third-order valence-corrected chi connectivity index (χ3v) is 6.45. The summed E-state index contributed by atoms with van der Waals surface area (Å²) in [7, 11) is 0. The number of para-hydroxylation sites is 2. The average molecular weight is 430 g/mol. The van der Waals surface area contributed by atoms with Crippen LogP contribution >= 0.6 is 23.2 Å². The van der Waals surface area contributed by atoms with Gasteiger partial charge in [0.15, 0.2) is 0 Å². The zero-order valence-corrected chi connectivity index (χ0v) is 18.4. The number of halogens is 2. The minimum Gasteiger partial charge on any atom is -0.310 e. The Bertz CT molecular complexity index is 1190. The van der Waals surface area contributed by atoms with Crippen LogP contribution in [-0.4, -0.2) is 0 Å². The topological polar surface area (TPSA) is 3.24 Å². The highest BCUT2D eigenvalue weighted by Gasteiger charge is 2.38. The van der Waals surface area contributed by atoms with Crippen molar-refractivity contribution in [1.82, 2.24) is 0 Å². The van der Waals surface area contributed by atoms with E-state index in [2.05, 4.69) is 85.5 Å². The van der Waals surface area contributed by atoms with Crippen LogP contribution in [0.4, 0.5) is 17.1 Å². The Balaban J connectivity index is 1.74. The van der Waals surface area contributed by atoms with E-state index < -0.39 is 0 Å². The Kier molecular flexibility index (Phi) is 4.61. The van der Waals surface area contributed by atoms with E-state index in [9.17, 15) is 0 Å². The van der Waals surface area contributed by atoms with Crippen LogP contribution in [0.1, 0.15) is 25.0 Å². The van der Waals surface area contributed by atoms with Crippen molar-refractivity contribution < 1.29 is 0 Å². The molecule has 0 aliphatic heterocycles. The van der Waals surface area contributed by atoms with Crippen molar-refractivity contribution in [3.8, 4) is 11.1 Å². The zero-order chi connectivity index (χ0) is 20.9. The van der Waals surface area contributed by atoms with E-state index in [-0.39, 0.29) is 5.41 Å². The van der Waals surface area contributed by atoms with E-state index >= 15 is 0 Å². The van der Waals surface area contributed by atoms with E-state index in [4.69, 9.17) is 23.2 Å². The Morgan fingerprint density at radius 1 is 0.633 bits per heavy atom. The van der Waals surface area contributed by atoms with Crippen LogP contribution in [0.3, 0.4) is 0 Å². The number of hydrogen-bond acceptors (Lipinski definition) is 1. The second kappa shape index (κ2) is 7.19. The summed E-state index contributed by atoms with van der Waals surface area (Å²) in [6, 6.07) is 31.4. The smallest absolute Gasteiger partial charge is 0.0468 e. The fourth-order valence-electron chi connectivity index (χ4n) is 4.60. The Hall–Kier alpha value is -2.74. The average Bonchev–Trinajstić information content (AvgIpc) is 2.96. The van der Waals surface area contributed by atoms with Gasteiger partial charge in [-0.25, -0.2) is 0 Å². The molecule has 4 aromatic rings. The first-order valence-electron chi connectivity index (χ1n) is 10.0. The van der Waals surface area contributed by atoms with E-state index in [0.29, 0.717) is 5.02 Å². The maximum atomic E-state index is 6.65. The molecule has 1 aliphatic rings. The first kappa shape index (κ1) is 19.2. The Morgan fingerprint density at radius 2 is 1.23 bits per heavy atom. The minimum atomic E-state index is -0.171. The van der Waals surface area contributed by atoms with Crippen LogP contribution in [0.25, 0.3) is 11.1 Å². The van der Waals surface area contributed by atoms with Crippen molar-refractivity contribution in [2.24, 2.45) is 0 Å². The van der Waals surface area contributed by atoms with Crippen LogP contribution < -0.4 is 4.90 Å². The molecule has 0 heterocycles. The Labute approximate surface area is 187 Å². The molecule has 0 N–H and O–H groups in total. The summed E-state index contributed by atoms with van der Waals surface area (Å²) in [5.74, 6) is 0. The highest BCUT2D eigenvalue weighted by Crippen LogP contribution is 2.53. The van der Waals surface area contributed by atoms with Crippen LogP contribution in [0.15, 0.2) is 91.0 Å². The standard InChI is InChI=1S/C27H21Cl2N/c1-27(2)24-14-13-21(17-22(24)23-15-18(28)16-25(29)26(23)27)30(19-9-5-3-6-10-19)20-11-7-4-8-12-20/h3-17H,1-2H3. The van der Waals surface area contributed by atoms with Gasteiger partial charge in [0, 0.05) is 32.5 Å². The Morgan fingerprint density at radius 3 is 1.83 bits per heavy atom. The number of hydrogen-bond donors (Lipinski definition) is 0. The lowest BCUT2D eigenvalue weighted by Gasteiger charge is -2.27. The third kappa shape index (κ3) is 3.01. The van der Waals surface area contributed by atoms with Gasteiger partial charge in [-0.1, -0.05) is 79.5 Å². The molecule has 0 saturated carbocycles. The maximum absolute atomic E-state index is 6.65. The molecule has 0 radical (unpaired) electrons. The summed E-state index contributed by atoms with van der Waals surface area (Å²) in [4.78, 5) is 2.28. The highest BCUT2D eigenvalue weighted by atomic mass is 35.5. The number of anilines is 3. The number of nitrogens with zero attached hydrogens (tertiary/aromatic N) is 1. The summed E-state index contributed by atoms with van der Waals surface area (Å²) in [6.45, 7) is 4.45. The quantitative estimate of drug-likeness (QED) is 0.314. The summed E-state index contributed by atoms with van der Waals surface area (Å²) in [6.07, 6.45) is 0. The lowest BCUT2D eigenvalue weighted by molar-refractivity contribution is 0.660. The van der Waals surface area contributed by atoms with Crippen molar-refractivity contribution in [3.63, 3.8) is 0 Å². The van der Waals surface area contributed by atoms with Gasteiger partial charge in [0.2, 0.25) is 0 Å². The zero-order valence-electron chi connectivity index (χ0n) is 16.9. The van der Waals surface area contributed by atoms with E-state index in [1.165, 1.54) is 11.1 Å². The van der Waals surface area contributed by atoms with Crippen molar-refractivity contribution in [2.45, 2.75) is 19.3 Å². The van der Waals surface area contributed by atoms with Crippen LogP contribution in [-0.2, 0) is 5.41 Å². The molecule has 0 fully saturated rings. The molecule has 0 aromatic heterocycles. The van der Waals surface area contributed by atoms with Gasteiger partial charge in [0.05, 0.1) is 0 Å². The molecule has 0 bridgehead atoms. The molecule has 1 nitrogen and oxygen atoms in total. The second-order valence-electron chi connectivity index (χ2n) is 8.17. The van der Waals surface area contributed by atoms with E-state index in [0.717, 1.165) is 33.2 Å². The van der Waals surface area contributed by atoms with Crippen LogP contribution in [0.5, 0.6) is 0 Å². The molecule has 1 aliphatic carbocycles. The van der Waals surface area contributed by atoms with Gasteiger partial charge in [-0.2, -0.15) is 0 Å². The molecule has 0 spiro atoms. The lowest BCUT2D eigenvalue weighted by Crippen LogP contribution is -2.16. The first-order chi connectivity index (χ1) is 14.5. The molecule has 148 valence electrons. The van der Waals surface area contributed by atoms with Gasteiger partial charge in [0.1, 0.15) is 0 Å². The summed E-state index contributed by atoms with van der Waals surface area (Å²) in [5, 5.41) is 1.39. The van der Waals surface area contributed by atoms with Crippen molar-refractivity contribution in [1.29, 1.82) is 0 Å². The highest BCUT2D eigenvalue weighted by molar-refractivity contribution is 6.36. The van der Waals surface area contributed by atoms with Gasteiger partial charge in [-0.15, -0.1) is 0 Å². The van der Waals surface area contributed by atoms with Crippen LogP contribution in [0, 0.1) is 0 Å². The van der Waals surface area contributed by atoms with Gasteiger partial charge in [-0.05, 0) is 70.8 Å². The van der Waals surface area contributed by atoms with Gasteiger partial charge < -0.3 is 4.90 Å². The van der Waals surface area contributed by atoms with Gasteiger partial charge >= 0.3 is 0 Å². The fraction of sp³-hybridized carbons (Fsp3) is 0.111. The molecule has 4 aromatic carbocycles. The molecule has 0 atom stereocenters. The second-order valence-corrected chi connectivity index (χ2v) is 9.02. The van der Waals surface area contributed by atoms with Gasteiger partial charge in [-0.3, -0.25) is 0 Å². The monoisotopic (exact) mass is 429 g/mol. The molecule has 30 heavy (non-hydrogen) atoms. The first-order valence-corrected chi connectivity index (χ1v) is 10.8. The van der Waals surface area contributed by atoms with Crippen LogP contribution in [0.2, 0.25) is 10.0 Å². The molecule has 5 rings (SSSR count). The largest absolute Gasteiger partial charge is 0.310 e. The molecule has 0 amide bonds. The molecular formula is C27H21Cl2N. The predicted molar refractivity (Wildman–Crippen MR) is 129 cm³/mol. The predicted octanol–water partition coefficient (Wildman–Crippen LogP) is 8.77. The molecule has 0 unspecified atom stereocenters. The van der Waals surface area contributed by atoms with E-state index in [1.54, 1.807) is 0 Å². The summed E-state index contributed by atoms with van der Waals surface area (Å²) >= 11 is 13.0. The third-order valence-electron chi connectivity index (χ3n) is 5.93. The molecule has 0 saturated heterocycles. The van der Waals surface area contributed by atoms with Crippen molar-refractivity contribution in [2.75, 3.05) is 4.90 Å².